The lowest BCUT2D eigenvalue weighted by atomic mass is 10.1. The minimum absolute atomic E-state index is 0.0477. The maximum absolute atomic E-state index is 12.2. The van der Waals surface area contributed by atoms with Crippen molar-refractivity contribution in [2.75, 3.05) is 11.9 Å². The lowest BCUT2D eigenvalue weighted by Gasteiger charge is -2.19. The number of anilines is 1. The number of amidine groups is 1. The number of amides is 1. The predicted molar refractivity (Wildman–Crippen MR) is 73.8 cm³/mol. The number of nitrogens with two attached hydrogens (primary N) is 1. The number of hydrogen-bond acceptors (Lipinski definition) is 5. The third-order valence-corrected chi connectivity index (χ3v) is 3.19. The van der Waals surface area contributed by atoms with E-state index in [-0.39, 0.29) is 11.7 Å². The highest BCUT2D eigenvalue weighted by Crippen LogP contribution is 2.20. The number of para-hydroxylation sites is 1. The summed E-state index contributed by atoms with van der Waals surface area (Å²) < 4.78 is 0. The van der Waals surface area contributed by atoms with Crippen molar-refractivity contribution in [3.8, 4) is 0 Å². The fourth-order valence-electron chi connectivity index (χ4n) is 1.64. The first kappa shape index (κ1) is 13.0. The molecule has 0 unspecified atom stereocenters. The third kappa shape index (κ3) is 2.55. The van der Waals surface area contributed by atoms with Crippen molar-refractivity contribution in [2.24, 2.45) is 10.9 Å². The smallest absolute Gasteiger partial charge is 0.277 e. The van der Waals surface area contributed by atoms with Crippen molar-refractivity contribution in [3.05, 3.63) is 46.4 Å². The van der Waals surface area contributed by atoms with Gasteiger partial charge in [0.1, 0.15) is 5.69 Å². The second kappa shape index (κ2) is 5.49. The zero-order chi connectivity index (χ0) is 13.8. The fourth-order valence-corrected chi connectivity index (χ4v) is 2.16. The molecule has 0 spiro atoms. The Labute approximate surface area is 113 Å². The highest BCUT2D eigenvalue weighted by atomic mass is 32.1. The van der Waals surface area contributed by atoms with Crippen LogP contribution in [-0.4, -0.2) is 29.0 Å². The zero-order valence-electron chi connectivity index (χ0n) is 10.1. The third-order valence-electron chi connectivity index (χ3n) is 2.61. The van der Waals surface area contributed by atoms with Crippen molar-refractivity contribution in [1.29, 1.82) is 0 Å². The molecule has 98 valence electrons. The Balaban J connectivity index is 2.39. The molecule has 0 aliphatic carbocycles. The van der Waals surface area contributed by atoms with E-state index in [1.165, 1.54) is 16.2 Å². The SMILES string of the molecule is CN(C(=O)c1cscn1)c1ccccc1C(N)=NO. The number of rotatable bonds is 3. The summed E-state index contributed by atoms with van der Waals surface area (Å²) in [5.41, 5.74) is 8.59. The molecular weight excluding hydrogens is 264 g/mol. The number of oxime groups is 1. The second-order valence-electron chi connectivity index (χ2n) is 3.74. The normalized spacial score (nSPS) is 11.3. The molecule has 3 N–H and O–H groups in total. The molecule has 1 amide bonds. The van der Waals surface area contributed by atoms with Gasteiger partial charge in [-0.3, -0.25) is 4.79 Å². The van der Waals surface area contributed by atoms with Gasteiger partial charge in [0.15, 0.2) is 5.84 Å². The van der Waals surface area contributed by atoms with E-state index < -0.39 is 0 Å². The van der Waals surface area contributed by atoms with Crippen LogP contribution in [0.3, 0.4) is 0 Å². The second-order valence-corrected chi connectivity index (χ2v) is 4.46. The van der Waals surface area contributed by atoms with Crippen LogP contribution < -0.4 is 10.6 Å². The molecule has 0 bridgehead atoms. The van der Waals surface area contributed by atoms with Crippen LogP contribution in [0.15, 0.2) is 40.3 Å². The molecule has 0 saturated carbocycles. The van der Waals surface area contributed by atoms with Gasteiger partial charge >= 0.3 is 0 Å². The summed E-state index contributed by atoms with van der Waals surface area (Å²) in [7, 11) is 1.62. The van der Waals surface area contributed by atoms with E-state index in [2.05, 4.69) is 10.1 Å². The number of hydrogen-bond donors (Lipinski definition) is 2. The van der Waals surface area contributed by atoms with Gasteiger partial charge in [-0.2, -0.15) is 0 Å². The topological polar surface area (TPSA) is 91.8 Å². The molecule has 0 aliphatic heterocycles. The number of thiazole rings is 1. The monoisotopic (exact) mass is 276 g/mol. The first-order valence-electron chi connectivity index (χ1n) is 5.38. The zero-order valence-corrected chi connectivity index (χ0v) is 11.0. The van der Waals surface area contributed by atoms with Gasteiger partial charge in [-0.15, -0.1) is 11.3 Å². The Morgan fingerprint density at radius 2 is 2.21 bits per heavy atom. The van der Waals surface area contributed by atoms with Gasteiger partial charge in [-0.25, -0.2) is 4.98 Å². The summed E-state index contributed by atoms with van der Waals surface area (Å²) in [4.78, 5) is 17.6. The standard InChI is InChI=1S/C12H12N4O2S/c1-16(12(17)9-6-19-7-14-9)10-5-3-2-4-8(10)11(13)15-18/h2-7,18H,1H3,(H2,13,15). The van der Waals surface area contributed by atoms with Crippen LogP contribution in [0.1, 0.15) is 16.1 Å². The lowest BCUT2D eigenvalue weighted by Crippen LogP contribution is -2.29. The van der Waals surface area contributed by atoms with Crippen LogP contribution in [0.4, 0.5) is 5.69 Å². The molecule has 0 radical (unpaired) electrons. The van der Waals surface area contributed by atoms with Gasteiger partial charge < -0.3 is 15.8 Å². The van der Waals surface area contributed by atoms with E-state index in [1.807, 2.05) is 0 Å². The largest absolute Gasteiger partial charge is 0.409 e. The van der Waals surface area contributed by atoms with Crippen LogP contribution in [0.2, 0.25) is 0 Å². The molecule has 0 aliphatic rings. The van der Waals surface area contributed by atoms with E-state index in [0.29, 0.717) is 16.9 Å². The van der Waals surface area contributed by atoms with Crippen molar-refractivity contribution in [1.82, 2.24) is 4.98 Å². The molecule has 0 saturated heterocycles. The first-order valence-corrected chi connectivity index (χ1v) is 6.32. The highest BCUT2D eigenvalue weighted by molar-refractivity contribution is 7.07. The van der Waals surface area contributed by atoms with Crippen LogP contribution in [-0.2, 0) is 0 Å². The first-order chi connectivity index (χ1) is 9.15. The van der Waals surface area contributed by atoms with Gasteiger partial charge in [0, 0.05) is 18.0 Å². The van der Waals surface area contributed by atoms with E-state index in [4.69, 9.17) is 10.9 Å². The summed E-state index contributed by atoms with van der Waals surface area (Å²) in [6, 6.07) is 6.92. The van der Waals surface area contributed by atoms with Gasteiger partial charge in [0.2, 0.25) is 0 Å². The van der Waals surface area contributed by atoms with E-state index in [1.54, 1.807) is 42.2 Å². The molecule has 0 fully saturated rings. The van der Waals surface area contributed by atoms with Crippen LogP contribution in [0.5, 0.6) is 0 Å². The molecule has 6 nitrogen and oxygen atoms in total. The molecule has 2 aromatic rings. The number of nitrogens with zero attached hydrogens (tertiary/aromatic N) is 3. The Morgan fingerprint density at radius 3 is 2.84 bits per heavy atom. The Bertz CT molecular complexity index is 610. The molecule has 19 heavy (non-hydrogen) atoms. The molecular formula is C12H12N4O2S. The van der Waals surface area contributed by atoms with Gasteiger partial charge in [-0.05, 0) is 12.1 Å². The number of carbonyl (C=O) groups is 1. The van der Waals surface area contributed by atoms with Crippen molar-refractivity contribution < 1.29 is 10.0 Å². The van der Waals surface area contributed by atoms with Crippen molar-refractivity contribution in [3.63, 3.8) is 0 Å². The molecule has 7 heteroatoms. The van der Waals surface area contributed by atoms with Crippen LogP contribution in [0.25, 0.3) is 0 Å². The average Bonchev–Trinajstić information content (AvgIpc) is 2.99. The fraction of sp³-hybridized carbons (Fsp3) is 0.0833. The summed E-state index contributed by atoms with van der Waals surface area (Å²) in [5, 5.41) is 13.4. The maximum atomic E-state index is 12.2. The molecule has 0 atom stereocenters. The van der Waals surface area contributed by atoms with E-state index in [0.717, 1.165) is 0 Å². The molecule has 1 aromatic heterocycles. The minimum atomic E-state index is -0.251. The Kier molecular flexibility index (Phi) is 3.76. The van der Waals surface area contributed by atoms with Crippen LogP contribution >= 0.6 is 11.3 Å². The maximum Gasteiger partial charge on any atom is 0.277 e. The summed E-state index contributed by atoms with van der Waals surface area (Å²) in [5.74, 6) is -0.298. The predicted octanol–water partition coefficient (Wildman–Crippen LogP) is 1.51. The van der Waals surface area contributed by atoms with Gasteiger partial charge in [0.05, 0.1) is 11.2 Å². The number of aromatic nitrogens is 1. The van der Waals surface area contributed by atoms with Crippen LogP contribution in [0, 0.1) is 0 Å². The average molecular weight is 276 g/mol. The van der Waals surface area contributed by atoms with Gasteiger partial charge in [-0.1, -0.05) is 17.3 Å². The Morgan fingerprint density at radius 1 is 1.47 bits per heavy atom. The minimum Gasteiger partial charge on any atom is -0.409 e. The summed E-state index contributed by atoms with van der Waals surface area (Å²) >= 11 is 1.35. The summed E-state index contributed by atoms with van der Waals surface area (Å²) in [6.07, 6.45) is 0. The van der Waals surface area contributed by atoms with Crippen molar-refractivity contribution >= 4 is 28.8 Å². The lowest BCUT2D eigenvalue weighted by molar-refractivity contribution is 0.0989. The molecule has 2 rings (SSSR count). The molecule has 1 aromatic carbocycles. The summed E-state index contributed by atoms with van der Waals surface area (Å²) in [6.45, 7) is 0. The van der Waals surface area contributed by atoms with Crippen molar-refractivity contribution in [2.45, 2.75) is 0 Å². The Hall–Kier alpha value is -2.41. The number of benzene rings is 1. The number of carbonyl (C=O) groups excluding carboxylic acids is 1. The van der Waals surface area contributed by atoms with Gasteiger partial charge in [0.25, 0.3) is 5.91 Å². The quantitative estimate of drug-likeness (QED) is 0.385. The molecule has 1 heterocycles. The highest BCUT2D eigenvalue weighted by Gasteiger charge is 2.18. The van der Waals surface area contributed by atoms with E-state index >= 15 is 0 Å². The van der Waals surface area contributed by atoms with E-state index in [9.17, 15) is 4.79 Å².